The molecule has 0 atom stereocenters. The van der Waals surface area contributed by atoms with Crippen LogP contribution in [0, 0.1) is 0 Å². The zero-order valence-corrected chi connectivity index (χ0v) is 15.2. The molecule has 0 radical (unpaired) electrons. The first-order chi connectivity index (χ1) is 13.5. The van der Waals surface area contributed by atoms with E-state index in [1.54, 1.807) is 24.3 Å². The molecule has 142 valence electrons. The zero-order valence-electron chi connectivity index (χ0n) is 14.4. The largest absolute Gasteiger partial charge is 0.486 e. The lowest BCUT2D eigenvalue weighted by Crippen LogP contribution is -2.16. The van der Waals surface area contributed by atoms with E-state index in [2.05, 4.69) is 8.75 Å². The van der Waals surface area contributed by atoms with Crippen LogP contribution >= 0.6 is 11.7 Å². The van der Waals surface area contributed by atoms with Crippen LogP contribution in [0.25, 0.3) is 16.6 Å². The second-order valence-electron chi connectivity index (χ2n) is 6.09. The van der Waals surface area contributed by atoms with Gasteiger partial charge in [0.2, 0.25) is 0 Å². The molecule has 28 heavy (non-hydrogen) atoms. The fourth-order valence-corrected chi connectivity index (χ4v) is 3.56. The van der Waals surface area contributed by atoms with E-state index in [1.165, 1.54) is 12.1 Å². The number of hydrogen-bond acceptors (Lipinski definition) is 7. The molecule has 0 unspecified atom stereocenters. The molecular weight excluding hydrogens is 384 g/mol. The van der Waals surface area contributed by atoms with Gasteiger partial charge in [-0.1, -0.05) is 12.1 Å². The Morgan fingerprint density at radius 3 is 2.43 bits per heavy atom. The molecule has 0 saturated heterocycles. The molecule has 2 aromatic carbocycles. The molecular formula is C19H14N2O6S. The third kappa shape index (κ3) is 3.39. The number of carbonyl (C=O) groups is 2. The highest BCUT2D eigenvalue weighted by Gasteiger charge is 2.24. The molecule has 3 aromatic rings. The Balaban J connectivity index is 1.80. The molecule has 4 rings (SSSR count). The predicted octanol–water partition coefficient (Wildman–Crippen LogP) is 2.63. The molecule has 1 aliphatic heterocycles. The third-order valence-corrected chi connectivity index (χ3v) is 4.86. The van der Waals surface area contributed by atoms with Crippen molar-refractivity contribution in [1.29, 1.82) is 0 Å². The average molecular weight is 398 g/mol. The molecule has 0 spiro atoms. The van der Waals surface area contributed by atoms with Crippen molar-refractivity contribution in [2.75, 3.05) is 13.2 Å². The summed E-state index contributed by atoms with van der Waals surface area (Å²) >= 11 is 1.06. The van der Waals surface area contributed by atoms with Crippen LogP contribution in [-0.2, 0) is 16.0 Å². The van der Waals surface area contributed by atoms with Crippen LogP contribution in [0.4, 0.5) is 0 Å². The van der Waals surface area contributed by atoms with Crippen molar-refractivity contribution in [3.63, 3.8) is 0 Å². The molecule has 0 amide bonds. The minimum Gasteiger partial charge on any atom is -0.486 e. The summed E-state index contributed by atoms with van der Waals surface area (Å²) in [7, 11) is 0. The highest BCUT2D eigenvalue weighted by atomic mass is 32.1. The number of aliphatic carboxylic acids is 2. The van der Waals surface area contributed by atoms with Gasteiger partial charge in [0.25, 0.3) is 0 Å². The number of hydrogen-bond donors (Lipinski definition) is 2. The number of carboxylic acids is 2. The fourth-order valence-electron chi connectivity index (χ4n) is 3.04. The maximum atomic E-state index is 12.0. The number of ether oxygens (including phenoxy) is 2. The lowest BCUT2D eigenvalue weighted by molar-refractivity contribution is -0.134. The minimum atomic E-state index is -1.33. The first kappa shape index (κ1) is 17.9. The van der Waals surface area contributed by atoms with Gasteiger partial charge in [0, 0.05) is 6.42 Å². The number of aromatic nitrogens is 2. The van der Waals surface area contributed by atoms with Gasteiger partial charge in [0.1, 0.15) is 24.2 Å². The van der Waals surface area contributed by atoms with E-state index in [0.717, 1.165) is 11.7 Å². The Kier molecular flexibility index (Phi) is 4.66. The summed E-state index contributed by atoms with van der Waals surface area (Å²) in [6.07, 6.45) is -0.0706. The van der Waals surface area contributed by atoms with Gasteiger partial charge in [-0.15, -0.1) is 0 Å². The fraction of sp³-hybridized carbons (Fsp3) is 0.158. The van der Waals surface area contributed by atoms with Crippen LogP contribution < -0.4 is 9.47 Å². The van der Waals surface area contributed by atoms with Crippen LogP contribution in [0.15, 0.2) is 42.0 Å². The summed E-state index contributed by atoms with van der Waals surface area (Å²) in [6, 6.07) is 9.76. The number of nitrogens with zero attached hydrogens (tertiary/aromatic N) is 2. The van der Waals surface area contributed by atoms with E-state index in [0.29, 0.717) is 41.3 Å². The van der Waals surface area contributed by atoms with Crippen molar-refractivity contribution < 1.29 is 29.3 Å². The third-order valence-electron chi connectivity index (χ3n) is 4.30. The number of benzene rings is 2. The highest BCUT2D eigenvalue weighted by Crippen LogP contribution is 2.34. The quantitative estimate of drug-likeness (QED) is 0.630. The first-order valence-electron chi connectivity index (χ1n) is 8.34. The van der Waals surface area contributed by atoms with Crippen LogP contribution in [0.2, 0.25) is 0 Å². The Hall–Kier alpha value is -3.46. The van der Waals surface area contributed by atoms with E-state index in [4.69, 9.17) is 9.47 Å². The van der Waals surface area contributed by atoms with Crippen molar-refractivity contribution in [3.05, 3.63) is 53.1 Å². The second kappa shape index (κ2) is 7.28. The lowest BCUT2D eigenvalue weighted by atomic mass is 9.94. The van der Waals surface area contributed by atoms with Gasteiger partial charge in [-0.3, -0.25) is 0 Å². The average Bonchev–Trinajstić information content (AvgIpc) is 3.15. The number of rotatable bonds is 5. The summed E-state index contributed by atoms with van der Waals surface area (Å²) in [4.78, 5) is 23.9. The van der Waals surface area contributed by atoms with Crippen molar-refractivity contribution in [2.45, 2.75) is 6.42 Å². The van der Waals surface area contributed by atoms with Gasteiger partial charge in [-0.2, -0.15) is 8.75 Å². The Bertz CT molecular complexity index is 1120. The predicted molar refractivity (Wildman–Crippen MR) is 101 cm³/mol. The Morgan fingerprint density at radius 2 is 1.68 bits per heavy atom. The van der Waals surface area contributed by atoms with Crippen molar-refractivity contribution in [3.8, 4) is 11.5 Å². The molecule has 9 heteroatoms. The first-order valence-corrected chi connectivity index (χ1v) is 9.07. The molecule has 0 fully saturated rings. The van der Waals surface area contributed by atoms with E-state index in [9.17, 15) is 19.8 Å². The number of carboxylic acid groups (broad SMARTS) is 2. The maximum Gasteiger partial charge on any atom is 0.336 e. The van der Waals surface area contributed by atoms with Crippen LogP contribution in [0.5, 0.6) is 11.5 Å². The van der Waals surface area contributed by atoms with E-state index in [1.807, 2.05) is 0 Å². The molecule has 8 nitrogen and oxygen atoms in total. The molecule has 0 bridgehead atoms. The molecule has 2 N–H and O–H groups in total. The van der Waals surface area contributed by atoms with Gasteiger partial charge in [-0.25, -0.2) is 9.59 Å². The van der Waals surface area contributed by atoms with E-state index >= 15 is 0 Å². The van der Waals surface area contributed by atoms with E-state index < -0.39 is 11.9 Å². The second-order valence-corrected chi connectivity index (χ2v) is 6.61. The zero-order chi connectivity index (χ0) is 19.7. The SMILES string of the molecule is O=C(O)/C(Cc1ccc2nsnc2c1)=C(\C(=O)O)c1ccc2c(c1)OCCO2. The topological polar surface area (TPSA) is 119 Å². The summed E-state index contributed by atoms with van der Waals surface area (Å²) in [6.45, 7) is 0.748. The van der Waals surface area contributed by atoms with Gasteiger partial charge < -0.3 is 19.7 Å². The van der Waals surface area contributed by atoms with Gasteiger partial charge in [0.15, 0.2) is 11.5 Å². The van der Waals surface area contributed by atoms with Crippen molar-refractivity contribution >= 4 is 40.3 Å². The highest BCUT2D eigenvalue weighted by molar-refractivity contribution is 7.00. The van der Waals surface area contributed by atoms with Crippen LogP contribution in [0.1, 0.15) is 11.1 Å². The molecule has 2 heterocycles. The van der Waals surface area contributed by atoms with Gasteiger partial charge in [-0.05, 0) is 35.4 Å². The summed E-state index contributed by atoms with van der Waals surface area (Å²) in [5.74, 6) is -1.74. The van der Waals surface area contributed by atoms with E-state index in [-0.39, 0.29) is 23.1 Å². The van der Waals surface area contributed by atoms with Crippen molar-refractivity contribution in [1.82, 2.24) is 8.75 Å². The summed E-state index contributed by atoms with van der Waals surface area (Å²) in [5.41, 5.74) is 1.70. The molecule has 1 aliphatic rings. The van der Waals surface area contributed by atoms with Crippen LogP contribution in [-0.4, -0.2) is 44.1 Å². The van der Waals surface area contributed by atoms with Gasteiger partial charge >= 0.3 is 11.9 Å². The monoisotopic (exact) mass is 398 g/mol. The molecule has 1 aromatic heterocycles. The summed E-state index contributed by atoms with van der Waals surface area (Å²) < 4.78 is 19.2. The molecule has 0 aliphatic carbocycles. The lowest BCUT2D eigenvalue weighted by Gasteiger charge is -2.19. The minimum absolute atomic E-state index is 0.0706. The van der Waals surface area contributed by atoms with Crippen molar-refractivity contribution in [2.24, 2.45) is 0 Å². The Labute approximate surface area is 163 Å². The van der Waals surface area contributed by atoms with Crippen LogP contribution in [0.3, 0.4) is 0 Å². The Morgan fingerprint density at radius 1 is 0.929 bits per heavy atom. The maximum absolute atomic E-state index is 12.0. The standard InChI is InChI=1S/C19H14N2O6S/c22-18(23)12(7-10-1-3-13-14(8-10)21-28-20-13)17(19(24)25)11-2-4-15-16(9-11)27-6-5-26-15/h1-4,8-9H,5-7H2,(H,22,23)(H,24,25)/b17-12-. The number of fused-ring (bicyclic) bond motifs is 2. The summed E-state index contributed by atoms with van der Waals surface area (Å²) in [5, 5.41) is 19.5. The molecule has 0 saturated carbocycles. The van der Waals surface area contributed by atoms with Gasteiger partial charge in [0.05, 0.1) is 22.9 Å². The normalized spacial score (nSPS) is 13.9. The smallest absolute Gasteiger partial charge is 0.336 e.